The van der Waals surface area contributed by atoms with E-state index < -0.39 is 0 Å². The minimum atomic E-state index is -0.0758. The summed E-state index contributed by atoms with van der Waals surface area (Å²) in [4.78, 5) is 18.1. The number of allylic oxidation sites excluding steroid dienone is 1. The van der Waals surface area contributed by atoms with Crippen LogP contribution in [0.4, 0.5) is 0 Å². The summed E-state index contributed by atoms with van der Waals surface area (Å²) in [6, 6.07) is 23.8. The number of rotatable bonds is 5. The number of benzene rings is 3. The minimum Gasteiger partial charge on any atom is -0.496 e. The summed E-state index contributed by atoms with van der Waals surface area (Å²) in [7, 11) is 1.63. The molecule has 3 nitrogen and oxygen atoms in total. The number of pyridine rings is 1. The maximum atomic E-state index is 13.4. The molecule has 0 fully saturated rings. The van der Waals surface area contributed by atoms with E-state index in [0.29, 0.717) is 5.56 Å². The Hall–Kier alpha value is -3.72. The van der Waals surface area contributed by atoms with Crippen LogP contribution in [0.2, 0.25) is 0 Å². The first-order chi connectivity index (χ1) is 14.6. The molecule has 0 aliphatic rings. The zero-order chi connectivity index (χ0) is 21.1. The molecule has 0 saturated carbocycles. The number of carbonyl (C=O) groups excluding carboxylic acids is 1. The Morgan fingerprint density at radius 1 is 0.933 bits per heavy atom. The molecule has 148 valence electrons. The summed E-state index contributed by atoms with van der Waals surface area (Å²) in [6.45, 7) is 3.95. The number of aryl methyl sites for hydroxylation is 2. The van der Waals surface area contributed by atoms with Gasteiger partial charge in [0, 0.05) is 22.2 Å². The van der Waals surface area contributed by atoms with Crippen LogP contribution in [0.5, 0.6) is 5.75 Å². The fourth-order valence-corrected chi connectivity index (χ4v) is 3.76. The van der Waals surface area contributed by atoms with Gasteiger partial charge in [0.1, 0.15) is 5.75 Å². The van der Waals surface area contributed by atoms with Crippen LogP contribution in [0, 0.1) is 13.8 Å². The number of ketones is 1. The second kappa shape index (κ2) is 8.34. The van der Waals surface area contributed by atoms with Crippen molar-refractivity contribution in [3.8, 4) is 16.9 Å². The fourth-order valence-electron chi connectivity index (χ4n) is 3.76. The van der Waals surface area contributed by atoms with Crippen molar-refractivity contribution in [2.24, 2.45) is 0 Å². The predicted molar refractivity (Wildman–Crippen MR) is 123 cm³/mol. The number of carbonyl (C=O) groups is 1. The summed E-state index contributed by atoms with van der Waals surface area (Å²) < 4.78 is 5.40. The van der Waals surface area contributed by atoms with E-state index in [1.165, 1.54) is 0 Å². The van der Waals surface area contributed by atoms with Gasteiger partial charge in [0.2, 0.25) is 0 Å². The van der Waals surface area contributed by atoms with Gasteiger partial charge in [-0.2, -0.15) is 0 Å². The monoisotopic (exact) mass is 393 g/mol. The number of ether oxygens (including phenoxy) is 1. The summed E-state index contributed by atoms with van der Waals surface area (Å²) in [6.07, 6.45) is 3.41. The summed E-state index contributed by atoms with van der Waals surface area (Å²) in [5.74, 6) is 0.655. The maximum absolute atomic E-state index is 13.4. The Bertz CT molecular complexity index is 1260. The molecule has 0 aliphatic carbocycles. The Morgan fingerprint density at radius 3 is 2.43 bits per heavy atom. The SMILES string of the molecule is COc1ccccc1/C=C/C(=O)c1c(C)nc2ccc(C)cc2c1-c1ccccc1. The van der Waals surface area contributed by atoms with Crippen molar-refractivity contribution in [1.29, 1.82) is 0 Å². The Kier molecular flexibility index (Phi) is 5.44. The fraction of sp³-hybridized carbons (Fsp3) is 0.111. The van der Waals surface area contributed by atoms with Crippen LogP contribution in [0.15, 0.2) is 78.9 Å². The average Bonchev–Trinajstić information content (AvgIpc) is 2.77. The normalized spacial score (nSPS) is 11.2. The second-order valence-electron chi connectivity index (χ2n) is 7.27. The van der Waals surface area contributed by atoms with Gasteiger partial charge in [0.25, 0.3) is 0 Å². The minimum absolute atomic E-state index is 0.0758. The number of aromatic nitrogens is 1. The molecule has 4 aromatic rings. The van der Waals surface area contributed by atoms with Gasteiger partial charge in [-0.05, 0) is 49.8 Å². The van der Waals surface area contributed by atoms with Crippen LogP contribution in [0.1, 0.15) is 27.2 Å². The van der Waals surface area contributed by atoms with Gasteiger partial charge in [0.15, 0.2) is 5.78 Å². The number of nitrogens with zero attached hydrogens (tertiary/aromatic N) is 1. The molecule has 0 radical (unpaired) electrons. The highest BCUT2D eigenvalue weighted by Gasteiger charge is 2.19. The molecular weight excluding hydrogens is 370 g/mol. The highest BCUT2D eigenvalue weighted by Crippen LogP contribution is 2.34. The first kappa shape index (κ1) is 19.6. The third-order valence-corrected chi connectivity index (χ3v) is 5.18. The van der Waals surface area contributed by atoms with Crippen molar-refractivity contribution in [3.05, 3.63) is 101 Å². The van der Waals surface area contributed by atoms with E-state index in [2.05, 4.69) is 13.0 Å². The van der Waals surface area contributed by atoms with Crippen molar-refractivity contribution in [2.45, 2.75) is 13.8 Å². The predicted octanol–water partition coefficient (Wildman–Crippen LogP) is 6.42. The molecule has 0 bridgehead atoms. The molecule has 0 aliphatic heterocycles. The largest absolute Gasteiger partial charge is 0.496 e. The first-order valence-corrected chi connectivity index (χ1v) is 9.90. The maximum Gasteiger partial charge on any atom is 0.188 e. The van der Waals surface area contributed by atoms with Crippen molar-refractivity contribution >= 4 is 22.8 Å². The molecule has 0 N–H and O–H groups in total. The Balaban J connectivity index is 1.91. The van der Waals surface area contributed by atoms with Crippen LogP contribution in [-0.2, 0) is 0 Å². The number of hydrogen-bond acceptors (Lipinski definition) is 3. The lowest BCUT2D eigenvalue weighted by atomic mass is 9.91. The molecule has 0 saturated heterocycles. The first-order valence-electron chi connectivity index (χ1n) is 9.90. The van der Waals surface area contributed by atoms with Crippen LogP contribution in [0.25, 0.3) is 28.1 Å². The molecule has 0 amide bonds. The van der Waals surface area contributed by atoms with Gasteiger partial charge in [-0.15, -0.1) is 0 Å². The number of fused-ring (bicyclic) bond motifs is 1. The van der Waals surface area contributed by atoms with E-state index in [4.69, 9.17) is 9.72 Å². The van der Waals surface area contributed by atoms with Gasteiger partial charge in [0.05, 0.1) is 18.2 Å². The molecule has 0 spiro atoms. The molecule has 1 heterocycles. The quantitative estimate of drug-likeness (QED) is 0.290. The highest BCUT2D eigenvalue weighted by atomic mass is 16.5. The van der Waals surface area contributed by atoms with Gasteiger partial charge in [-0.25, -0.2) is 0 Å². The number of hydrogen-bond donors (Lipinski definition) is 0. The van der Waals surface area contributed by atoms with Crippen molar-refractivity contribution in [3.63, 3.8) is 0 Å². The van der Waals surface area contributed by atoms with Gasteiger partial charge in [-0.3, -0.25) is 9.78 Å². The standard InChI is InChI=1S/C27H23NO2/c1-18-13-15-23-22(17-18)27(21-10-5-4-6-11-21)26(19(2)28-23)24(29)16-14-20-9-7-8-12-25(20)30-3/h4-17H,1-3H3/b16-14+. The van der Waals surface area contributed by atoms with Gasteiger partial charge in [-0.1, -0.05) is 60.2 Å². The molecule has 0 unspecified atom stereocenters. The lowest BCUT2D eigenvalue weighted by Crippen LogP contribution is -2.05. The third-order valence-electron chi connectivity index (χ3n) is 5.18. The van der Waals surface area contributed by atoms with Crippen molar-refractivity contribution in [2.75, 3.05) is 7.11 Å². The second-order valence-corrected chi connectivity index (χ2v) is 7.27. The van der Waals surface area contributed by atoms with Gasteiger partial charge >= 0.3 is 0 Å². The van der Waals surface area contributed by atoms with Crippen LogP contribution < -0.4 is 4.74 Å². The molecule has 3 heteroatoms. The van der Waals surface area contributed by atoms with E-state index in [9.17, 15) is 4.79 Å². The summed E-state index contributed by atoms with van der Waals surface area (Å²) >= 11 is 0. The van der Waals surface area contributed by atoms with Crippen LogP contribution >= 0.6 is 0 Å². The lowest BCUT2D eigenvalue weighted by Gasteiger charge is -2.15. The Labute approximate surface area is 176 Å². The topological polar surface area (TPSA) is 39.2 Å². The van der Waals surface area contributed by atoms with Crippen molar-refractivity contribution in [1.82, 2.24) is 4.98 Å². The van der Waals surface area contributed by atoms with E-state index in [1.54, 1.807) is 19.3 Å². The van der Waals surface area contributed by atoms with E-state index >= 15 is 0 Å². The zero-order valence-corrected chi connectivity index (χ0v) is 17.3. The van der Waals surface area contributed by atoms with Crippen LogP contribution in [0.3, 0.4) is 0 Å². The third kappa shape index (κ3) is 3.74. The number of para-hydroxylation sites is 1. The van der Waals surface area contributed by atoms with E-state index in [1.807, 2.05) is 73.7 Å². The highest BCUT2D eigenvalue weighted by molar-refractivity contribution is 6.16. The van der Waals surface area contributed by atoms with Gasteiger partial charge < -0.3 is 4.74 Å². The molecule has 30 heavy (non-hydrogen) atoms. The van der Waals surface area contributed by atoms with E-state index in [-0.39, 0.29) is 5.78 Å². The number of methoxy groups -OCH3 is 1. The molecule has 0 atom stereocenters. The molecule has 3 aromatic carbocycles. The Morgan fingerprint density at radius 2 is 1.67 bits per heavy atom. The smallest absolute Gasteiger partial charge is 0.188 e. The summed E-state index contributed by atoms with van der Waals surface area (Å²) in [5, 5.41) is 0.987. The zero-order valence-electron chi connectivity index (χ0n) is 17.3. The molecule has 1 aromatic heterocycles. The van der Waals surface area contributed by atoms with Crippen molar-refractivity contribution < 1.29 is 9.53 Å². The average molecular weight is 393 g/mol. The van der Waals surface area contributed by atoms with Crippen LogP contribution in [-0.4, -0.2) is 17.9 Å². The lowest BCUT2D eigenvalue weighted by molar-refractivity contribution is 0.104. The van der Waals surface area contributed by atoms with E-state index in [0.717, 1.165) is 44.6 Å². The molecular formula is C27H23NO2. The molecule has 4 rings (SSSR count). The summed E-state index contributed by atoms with van der Waals surface area (Å²) in [5.41, 5.74) is 6.17.